The van der Waals surface area contributed by atoms with E-state index < -0.39 is 0 Å². The number of likely N-dealkylation sites (tertiary alicyclic amines) is 1. The topological polar surface area (TPSA) is 24.9 Å². The second-order valence-corrected chi connectivity index (χ2v) is 13.1. The summed E-state index contributed by atoms with van der Waals surface area (Å²) < 4.78 is 13.2. The Morgan fingerprint density at radius 2 is 1.72 bits per heavy atom. The van der Waals surface area contributed by atoms with Gasteiger partial charge in [-0.3, -0.25) is 4.90 Å². The molecular formula is C28H46N2O2. The number of ether oxygens (including phenoxy) is 2. The van der Waals surface area contributed by atoms with Crippen LogP contribution in [0.25, 0.3) is 0 Å². The van der Waals surface area contributed by atoms with Crippen LogP contribution in [-0.4, -0.2) is 68.1 Å². The summed E-state index contributed by atoms with van der Waals surface area (Å²) in [6, 6.07) is 0. The number of allylic oxidation sites excluding steroid dienone is 1. The fourth-order valence-corrected chi connectivity index (χ4v) is 9.80. The van der Waals surface area contributed by atoms with E-state index in [1.165, 1.54) is 77.3 Å². The average Bonchev–Trinajstić information content (AvgIpc) is 3.22. The molecule has 0 amide bonds. The molecule has 4 nitrogen and oxygen atoms in total. The average molecular weight is 443 g/mol. The van der Waals surface area contributed by atoms with Gasteiger partial charge in [-0.15, -0.1) is 0 Å². The number of likely N-dealkylation sites (N-methyl/N-ethyl adjacent to an activating group) is 1. The van der Waals surface area contributed by atoms with E-state index in [9.17, 15) is 0 Å². The van der Waals surface area contributed by atoms with Crippen LogP contribution in [0.5, 0.6) is 0 Å². The molecule has 0 aromatic rings. The van der Waals surface area contributed by atoms with Crippen LogP contribution in [0, 0.1) is 28.6 Å². The van der Waals surface area contributed by atoms with Gasteiger partial charge in [0.25, 0.3) is 0 Å². The second kappa shape index (κ2) is 7.29. The third kappa shape index (κ3) is 2.82. The van der Waals surface area contributed by atoms with E-state index >= 15 is 0 Å². The van der Waals surface area contributed by atoms with E-state index in [2.05, 4.69) is 43.8 Å². The maximum Gasteiger partial charge on any atom is 0.124 e. The van der Waals surface area contributed by atoms with Crippen molar-refractivity contribution in [3.05, 3.63) is 11.6 Å². The molecule has 6 rings (SSSR count). The maximum absolute atomic E-state index is 7.38. The lowest BCUT2D eigenvalue weighted by Crippen LogP contribution is -2.56. The van der Waals surface area contributed by atoms with Crippen LogP contribution in [0.15, 0.2) is 11.6 Å². The molecule has 0 aromatic heterocycles. The molecule has 2 spiro atoms. The van der Waals surface area contributed by atoms with Crippen molar-refractivity contribution in [2.24, 2.45) is 28.6 Å². The summed E-state index contributed by atoms with van der Waals surface area (Å²) in [5.74, 6) is 2.54. The van der Waals surface area contributed by atoms with Crippen molar-refractivity contribution < 1.29 is 9.47 Å². The van der Waals surface area contributed by atoms with Gasteiger partial charge in [-0.2, -0.15) is 0 Å². The van der Waals surface area contributed by atoms with Crippen LogP contribution >= 0.6 is 0 Å². The largest absolute Gasteiger partial charge is 0.381 e. The first-order chi connectivity index (χ1) is 15.3. The number of hydrogen-bond donors (Lipinski definition) is 0. The Balaban J connectivity index is 1.28. The van der Waals surface area contributed by atoms with Gasteiger partial charge in [-0.1, -0.05) is 25.5 Å². The molecule has 7 atom stereocenters. The number of hydrogen-bond acceptors (Lipinski definition) is 4. The maximum atomic E-state index is 7.38. The van der Waals surface area contributed by atoms with Gasteiger partial charge in [0, 0.05) is 45.0 Å². The van der Waals surface area contributed by atoms with Crippen molar-refractivity contribution in [1.82, 2.24) is 9.80 Å². The Morgan fingerprint density at radius 3 is 2.47 bits per heavy atom. The molecule has 2 saturated heterocycles. The SMILES string of the molecule is COC1CC[C@]2(C)C(=CCC3C2CC[C@]2(C)C3CC[C@@]23CN(C)C2(CCN(C)CC2)O3)C1. The normalized spacial score (nSPS) is 50.8. The van der Waals surface area contributed by atoms with Crippen LogP contribution in [0.4, 0.5) is 0 Å². The standard InChI is InChI=1S/C28H46N2O2/c1-25-11-8-21(31-5)18-20(25)6-7-22-23(25)9-12-26(2)24(22)10-13-27(26)19-30(4)28(32-27)14-16-29(3)17-15-28/h6,21-24H,7-19H2,1-5H3/t21?,22?,23?,24?,25-,26-,27-/m1/s1. The minimum atomic E-state index is -0.00852. The highest BCUT2D eigenvalue weighted by Gasteiger charge is 2.69. The summed E-state index contributed by atoms with van der Waals surface area (Å²) in [7, 11) is 6.52. The Kier molecular flexibility index (Phi) is 5.03. The molecule has 0 aromatic carbocycles. The predicted octanol–water partition coefficient (Wildman–Crippen LogP) is 5.09. The van der Waals surface area contributed by atoms with E-state index in [4.69, 9.17) is 9.47 Å². The van der Waals surface area contributed by atoms with Crippen molar-refractivity contribution >= 4 is 0 Å². The molecule has 4 aliphatic carbocycles. The van der Waals surface area contributed by atoms with Crippen LogP contribution in [0.2, 0.25) is 0 Å². The summed E-state index contributed by atoms with van der Waals surface area (Å²) in [4.78, 5) is 5.11. The summed E-state index contributed by atoms with van der Waals surface area (Å²) >= 11 is 0. The molecule has 0 radical (unpaired) electrons. The molecule has 3 saturated carbocycles. The monoisotopic (exact) mass is 442 g/mol. The third-order valence-corrected chi connectivity index (χ3v) is 12.0. The number of methoxy groups -OCH3 is 1. The lowest BCUT2D eigenvalue weighted by atomic mass is 9.47. The summed E-state index contributed by atoms with van der Waals surface area (Å²) in [6.07, 6.45) is 15.9. The van der Waals surface area contributed by atoms with Gasteiger partial charge < -0.3 is 14.4 Å². The highest BCUT2D eigenvalue weighted by molar-refractivity contribution is 5.27. The number of rotatable bonds is 1. The summed E-state index contributed by atoms with van der Waals surface area (Å²) in [5.41, 5.74) is 2.55. The lowest BCUT2D eigenvalue weighted by molar-refractivity contribution is -0.203. The quantitative estimate of drug-likeness (QED) is 0.528. The van der Waals surface area contributed by atoms with Crippen LogP contribution in [0.3, 0.4) is 0 Å². The highest BCUT2D eigenvalue weighted by Crippen LogP contribution is 2.69. The van der Waals surface area contributed by atoms with E-state index in [-0.39, 0.29) is 11.3 Å². The third-order valence-electron chi connectivity index (χ3n) is 12.0. The fraction of sp³-hybridized carbons (Fsp3) is 0.929. The smallest absolute Gasteiger partial charge is 0.124 e. The lowest BCUT2D eigenvalue weighted by Gasteiger charge is -2.59. The Hall–Kier alpha value is -0.420. The fourth-order valence-electron chi connectivity index (χ4n) is 9.80. The zero-order chi connectivity index (χ0) is 22.4. The summed E-state index contributed by atoms with van der Waals surface area (Å²) in [6.45, 7) is 8.74. The van der Waals surface area contributed by atoms with Crippen molar-refractivity contribution in [3.63, 3.8) is 0 Å². The molecule has 6 aliphatic rings. The molecule has 0 bridgehead atoms. The predicted molar refractivity (Wildman–Crippen MR) is 128 cm³/mol. The molecule has 2 aliphatic heterocycles. The van der Waals surface area contributed by atoms with Gasteiger partial charge in [0.05, 0.1) is 11.7 Å². The molecule has 180 valence electrons. The molecule has 0 N–H and O–H groups in total. The highest BCUT2D eigenvalue weighted by atomic mass is 16.6. The molecule has 4 heteroatoms. The first-order valence-corrected chi connectivity index (χ1v) is 13.6. The molecule has 5 fully saturated rings. The van der Waals surface area contributed by atoms with Crippen LogP contribution < -0.4 is 0 Å². The van der Waals surface area contributed by atoms with Crippen molar-refractivity contribution in [2.45, 2.75) is 95.5 Å². The molecular weight excluding hydrogens is 396 g/mol. The zero-order valence-corrected chi connectivity index (χ0v) is 21.3. The first kappa shape index (κ1) is 22.1. The van der Waals surface area contributed by atoms with Gasteiger partial charge in [0.1, 0.15) is 5.72 Å². The molecule has 4 unspecified atom stereocenters. The van der Waals surface area contributed by atoms with Gasteiger partial charge in [-0.05, 0) is 88.6 Å². The number of nitrogens with zero attached hydrogens (tertiary/aromatic N) is 2. The van der Waals surface area contributed by atoms with Crippen molar-refractivity contribution in [1.29, 1.82) is 0 Å². The van der Waals surface area contributed by atoms with Gasteiger partial charge in [-0.25, -0.2) is 0 Å². The van der Waals surface area contributed by atoms with Crippen molar-refractivity contribution in [3.8, 4) is 0 Å². The van der Waals surface area contributed by atoms with E-state index in [1.807, 2.05) is 7.11 Å². The van der Waals surface area contributed by atoms with E-state index in [0.29, 0.717) is 16.9 Å². The number of piperidine rings is 1. The summed E-state index contributed by atoms with van der Waals surface area (Å²) in [5, 5.41) is 0. The Labute approximate surface area is 196 Å². The molecule has 2 heterocycles. The Morgan fingerprint density at radius 1 is 0.969 bits per heavy atom. The van der Waals surface area contributed by atoms with E-state index in [0.717, 1.165) is 24.3 Å². The molecule has 32 heavy (non-hydrogen) atoms. The Bertz CT molecular complexity index is 788. The minimum Gasteiger partial charge on any atom is -0.381 e. The van der Waals surface area contributed by atoms with Gasteiger partial charge >= 0.3 is 0 Å². The zero-order valence-electron chi connectivity index (χ0n) is 21.3. The van der Waals surface area contributed by atoms with Gasteiger partial charge in [0.15, 0.2) is 0 Å². The van der Waals surface area contributed by atoms with Crippen LogP contribution in [0.1, 0.15) is 78.1 Å². The van der Waals surface area contributed by atoms with Crippen molar-refractivity contribution in [2.75, 3.05) is 40.8 Å². The van der Waals surface area contributed by atoms with Gasteiger partial charge in [0.2, 0.25) is 0 Å². The minimum absolute atomic E-state index is 0.00852. The number of fused-ring (bicyclic) bond motifs is 6. The van der Waals surface area contributed by atoms with E-state index in [1.54, 1.807) is 5.57 Å². The second-order valence-electron chi connectivity index (χ2n) is 13.1. The first-order valence-electron chi connectivity index (χ1n) is 13.6. The van der Waals surface area contributed by atoms with Crippen LogP contribution in [-0.2, 0) is 9.47 Å².